The molecule has 0 spiro atoms. The molecule has 152 valence electrons. The minimum atomic E-state index is -3.44. The van der Waals surface area contributed by atoms with Crippen LogP contribution in [0.15, 0.2) is 29.2 Å². The lowest BCUT2D eigenvalue weighted by molar-refractivity contribution is -0.131. The predicted octanol–water partition coefficient (Wildman–Crippen LogP) is 2.63. The van der Waals surface area contributed by atoms with Crippen molar-refractivity contribution >= 4 is 15.9 Å². The van der Waals surface area contributed by atoms with Gasteiger partial charge in [0, 0.05) is 32.2 Å². The number of carbonyl (C=O) groups is 1. The number of hydrogen-bond acceptors (Lipinski definition) is 4. The molecule has 0 saturated carbocycles. The third kappa shape index (κ3) is 5.53. The topological polar surface area (TPSA) is 69.7 Å². The summed E-state index contributed by atoms with van der Waals surface area (Å²) in [4.78, 5) is 14.6. The van der Waals surface area contributed by atoms with Gasteiger partial charge in [-0.25, -0.2) is 8.42 Å². The number of amides is 1. The Balaban J connectivity index is 1.93. The van der Waals surface area contributed by atoms with Crippen LogP contribution >= 0.6 is 0 Å². The van der Waals surface area contributed by atoms with E-state index in [9.17, 15) is 13.2 Å². The van der Waals surface area contributed by atoms with Gasteiger partial charge in [-0.15, -0.1) is 0 Å². The van der Waals surface area contributed by atoms with E-state index in [4.69, 9.17) is 0 Å². The molecule has 1 heterocycles. The number of rotatable bonds is 8. The number of nitrogens with one attached hydrogen (secondary N) is 1. The number of hydrogen-bond donors (Lipinski definition) is 1. The van der Waals surface area contributed by atoms with Crippen LogP contribution in [0.3, 0.4) is 0 Å². The highest BCUT2D eigenvalue weighted by Crippen LogP contribution is 2.20. The molecule has 0 aliphatic carbocycles. The van der Waals surface area contributed by atoms with Crippen LogP contribution in [0, 0.1) is 5.92 Å². The smallest absolute Gasteiger partial charge is 0.243 e. The van der Waals surface area contributed by atoms with Crippen molar-refractivity contribution in [1.82, 2.24) is 14.5 Å². The van der Waals surface area contributed by atoms with Crippen molar-refractivity contribution in [3.8, 4) is 0 Å². The molecule has 1 amide bonds. The van der Waals surface area contributed by atoms with Crippen molar-refractivity contribution in [2.75, 3.05) is 32.7 Å². The normalized spacial score (nSPS) is 17.3. The van der Waals surface area contributed by atoms with Gasteiger partial charge in [-0.2, -0.15) is 4.31 Å². The maximum atomic E-state index is 12.5. The summed E-state index contributed by atoms with van der Waals surface area (Å²) < 4.78 is 26.5. The molecule has 1 fully saturated rings. The highest BCUT2D eigenvalue weighted by molar-refractivity contribution is 7.89. The summed E-state index contributed by atoms with van der Waals surface area (Å²) in [7, 11) is -3.44. The Kier molecular flexibility index (Phi) is 7.82. The lowest BCUT2D eigenvalue weighted by atomic mass is 9.99. The van der Waals surface area contributed by atoms with E-state index in [0.717, 1.165) is 31.5 Å². The van der Waals surface area contributed by atoms with Gasteiger partial charge in [0.1, 0.15) is 0 Å². The summed E-state index contributed by atoms with van der Waals surface area (Å²) in [5.74, 6) is 0.835. The first-order valence-corrected chi connectivity index (χ1v) is 11.3. The standard InChI is InChI=1S/C20H33N3O3S/c1-5-23(6-2)27(25,26)19-9-7-18(8-10-19)17(4)21-15-20(24)22-13-11-16(3)12-14-22/h7-10,16-17,21H,5-6,11-15H2,1-4H3/t17-/m1/s1. The molecule has 1 aromatic carbocycles. The molecule has 6 nitrogen and oxygen atoms in total. The van der Waals surface area contributed by atoms with E-state index in [1.807, 2.05) is 37.8 Å². The molecule has 27 heavy (non-hydrogen) atoms. The molecule has 1 aliphatic heterocycles. The molecule has 1 aromatic rings. The highest BCUT2D eigenvalue weighted by atomic mass is 32.2. The van der Waals surface area contributed by atoms with Gasteiger partial charge in [0.2, 0.25) is 15.9 Å². The zero-order valence-electron chi connectivity index (χ0n) is 16.9. The minimum Gasteiger partial charge on any atom is -0.342 e. The Hall–Kier alpha value is -1.44. The summed E-state index contributed by atoms with van der Waals surface area (Å²) in [5, 5.41) is 3.26. The fourth-order valence-electron chi connectivity index (χ4n) is 3.37. The Morgan fingerprint density at radius 3 is 2.26 bits per heavy atom. The molecule has 1 aliphatic rings. The molecule has 0 unspecified atom stereocenters. The fraction of sp³-hybridized carbons (Fsp3) is 0.650. The van der Waals surface area contributed by atoms with Crippen molar-refractivity contribution < 1.29 is 13.2 Å². The van der Waals surface area contributed by atoms with Gasteiger partial charge in [0.25, 0.3) is 0 Å². The van der Waals surface area contributed by atoms with Crippen molar-refractivity contribution in [3.63, 3.8) is 0 Å². The zero-order chi connectivity index (χ0) is 20.0. The number of piperidine rings is 1. The monoisotopic (exact) mass is 395 g/mol. The van der Waals surface area contributed by atoms with E-state index in [0.29, 0.717) is 30.4 Å². The maximum absolute atomic E-state index is 12.5. The first-order valence-electron chi connectivity index (χ1n) is 9.90. The van der Waals surface area contributed by atoms with Crippen LogP contribution in [0.4, 0.5) is 0 Å². The first-order chi connectivity index (χ1) is 12.8. The van der Waals surface area contributed by atoms with Gasteiger partial charge in [0.05, 0.1) is 11.4 Å². The molecule has 0 bridgehead atoms. The van der Waals surface area contributed by atoms with Crippen molar-refractivity contribution in [1.29, 1.82) is 0 Å². The van der Waals surface area contributed by atoms with Crippen LogP contribution < -0.4 is 5.32 Å². The molecule has 1 N–H and O–H groups in total. The van der Waals surface area contributed by atoms with Crippen molar-refractivity contribution in [2.24, 2.45) is 5.92 Å². The predicted molar refractivity (Wildman–Crippen MR) is 108 cm³/mol. The van der Waals surface area contributed by atoms with Gasteiger partial charge in [-0.1, -0.05) is 32.9 Å². The quantitative estimate of drug-likeness (QED) is 0.735. The van der Waals surface area contributed by atoms with Gasteiger partial charge >= 0.3 is 0 Å². The summed E-state index contributed by atoms with van der Waals surface area (Å²) >= 11 is 0. The molecule has 1 saturated heterocycles. The van der Waals surface area contributed by atoms with Crippen LogP contribution in [0.2, 0.25) is 0 Å². The molecule has 2 rings (SSSR count). The molecule has 0 radical (unpaired) electrons. The number of sulfonamides is 1. The van der Waals surface area contributed by atoms with E-state index in [1.165, 1.54) is 4.31 Å². The van der Waals surface area contributed by atoms with Gasteiger partial charge in [0.15, 0.2) is 0 Å². The number of carbonyl (C=O) groups excluding carboxylic acids is 1. The number of benzene rings is 1. The second-order valence-corrected chi connectivity index (χ2v) is 9.26. The van der Waals surface area contributed by atoms with Crippen molar-refractivity contribution in [3.05, 3.63) is 29.8 Å². The lowest BCUT2D eigenvalue weighted by Gasteiger charge is -2.30. The van der Waals surface area contributed by atoms with E-state index in [-0.39, 0.29) is 11.9 Å². The second-order valence-electron chi connectivity index (χ2n) is 7.32. The van der Waals surface area contributed by atoms with Crippen LogP contribution in [0.25, 0.3) is 0 Å². The number of likely N-dealkylation sites (tertiary alicyclic amines) is 1. The summed E-state index contributed by atoms with van der Waals surface area (Å²) in [6.07, 6.45) is 2.15. The van der Waals surface area contributed by atoms with Crippen LogP contribution in [-0.2, 0) is 14.8 Å². The van der Waals surface area contributed by atoms with Gasteiger partial charge in [-0.3, -0.25) is 4.79 Å². The largest absolute Gasteiger partial charge is 0.342 e. The van der Waals surface area contributed by atoms with Crippen molar-refractivity contribution in [2.45, 2.75) is 51.5 Å². The van der Waals surface area contributed by atoms with E-state index >= 15 is 0 Å². The van der Waals surface area contributed by atoms with E-state index in [2.05, 4.69) is 12.2 Å². The van der Waals surface area contributed by atoms with Crippen LogP contribution in [-0.4, -0.2) is 56.3 Å². The molecular formula is C20H33N3O3S. The molecule has 0 aromatic heterocycles. The fourth-order valence-corrected chi connectivity index (χ4v) is 4.83. The Bertz CT molecular complexity index is 706. The minimum absolute atomic E-state index is 0.0251. The summed E-state index contributed by atoms with van der Waals surface area (Å²) in [6, 6.07) is 6.91. The zero-order valence-corrected chi connectivity index (χ0v) is 17.8. The Morgan fingerprint density at radius 2 is 1.74 bits per heavy atom. The second kappa shape index (κ2) is 9.66. The van der Waals surface area contributed by atoms with E-state index in [1.54, 1.807) is 12.1 Å². The van der Waals surface area contributed by atoms with Crippen LogP contribution in [0.1, 0.15) is 52.1 Å². The lowest BCUT2D eigenvalue weighted by Crippen LogP contribution is -2.43. The molecule has 1 atom stereocenters. The first kappa shape index (κ1) is 21.9. The van der Waals surface area contributed by atoms with Gasteiger partial charge in [-0.05, 0) is 43.4 Å². The van der Waals surface area contributed by atoms with E-state index < -0.39 is 10.0 Å². The Morgan fingerprint density at radius 1 is 1.19 bits per heavy atom. The maximum Gasteiger partial charge on any atom is 0.243 e. The third-order valence-corrected chi connectivity index (χ3v) is 7.48. The van der Waals surface area contributed by atoms with Crippen LogP contribution in [0.5, 0.6) is 0 Å². The molecular weight excluding hydrogens is 362 g/mol. The summed E-state index contributed by atoms with van der Waals surface area (Å²) in [6.45, 7) is 10.8. The summed E-state index contributed by atoms with van der Waals surface area (Å²) in [5.41, 5.74) is 0.966. The van der Waals surface area contributed by atoms with Gasteiger partial charge < -0.3 is 10.2 Å². The Labute approximate surface area is 164 Å². The highest BCUT2D eigenvalue weighted by Gasteiger charge is 2.22. The third-order valence-electron chi connectivity index (χ3n) is 5.42. The molecule has 7 heteroatoms. The number of nitrogens with zero attached hydrogens (tertiary/aromatic N) is 2. The average Bonchev–Trinajstić information content (AvgIpc) is 2.67. The average molecular weight is 396 g/mol. The SMILES string of the molecule is CCN(CC)S(=O)(=O)c1ccc([C@@H](C)NCC(=O)N2CCC(C)CC2)cc1.